The van der Waals surface area contributed by atoms with Crippen molar-refractivity contribution in [2.24, 2.45) is 0 Å². The Hall–Kier alpha value is -6.02. The molecule has 2 aliphatic rings. The summed E-state index contributed by atoms with van der Waals surface area (Å²) in [6.45, 7) is 13.1. The number of aromatic nitrogens is 8. The highest BCUT2D eigenvalue weighted by atomic mass is 15.2. The van der Waals surface area contributed by atoms with Crippen molar-refractivity contribution in [1.29, 1.82) is 0 Å². The Labute approximate surface area is 291 Å². The van der Waals surface area contributed by atoms with Gasteiger partial charge in [0.1, 0.15) is 0 Å². The van der Waals surface area contributed by atoms with Crippen LogP contribution in [0.15, 0.2) is 97.1 Å². The van der Waals surface area contributed by atoms with Gasteiger partial charge in [0.25, 0.3) is 0 Å². The van der Waals surface area contributed by atoms with Crippen molar-refractivity contribution in [3.05, 3.63) is 111 Å². The minimum atomic E-state index is -0.384. The summed E-state index contributed by atoms with van der Waals surface area (Å²) in [5.74, 6) is 2.90. The first-order chi connectivity index (χ1) is 23.9. The minimum Gasteiger partial charge on any atom is -0.366 e. The lowest BCUT2D eigenvalue weighted by atomic mass is 10.1. The first kappa shape index (κ1) is 30.1. The summed E-state index contributed by atoms with van der Waals surface area (Å²) in [5.41, 5.74) is 6.35. The zero-order chi connectivity index (χ0) is 34.7. The van der Waals surface area contributed by atoms with E-state index in [1.54, 1.807) is 0 Å². The third-order valence-corrected chi connectivity index (χ3v) is 9.69. The molecule has 0 fully saturated rings. The number of benzene rings is 4. The molecule has 0 N–H and O–H groups in total. The van der Waals surface area contributed by atoms with Gasteiger partial charge in [-0.3, -0.25) is 9.13 Å². The van der Waals surface area contributed by atoms with E-state index in [1.807, 2.05) is 33.4 Å². The summed E-state index contributed by atoms with van der Waals surface area (Å²) in [6, 6.07) is 33.3. The summed E-state index contributed by atoms with van der Waals surface area (Å²) in [6.07, 6.45) is 0. The van der Waals surface area contributed by atoms with Crippen molar-refractivity contribution in [1.82, 2.24) is 29.1 Å². The molecule has 0 saturated heterocycles. The van der Waals surface area contributed by atoms with E-state index in [4.69, 9.17) is 19.9 Å². The standard InChI is InChI=1S/C42H38N8/c1-41(2,3)49-37-29-21-13-14-22-30(29)38(49)44-34-26-18-10-12-20-28(26)36(48(34)8)46-40-32-24-16-15-23-31(32)39(50(40)42(4,5)6)45-35-27-19-11-9-17-25(27)33(43-37)47(35)7/h9-24H,7-8H2,1-6H3. The Morgan fingerprint density at radius 3 is 0.840 bits per heavy atom. The number of fused-ring (bicyclic) bond motifs is 20. The van der Waals surface area contributed by atoms with Gasteiger partial charge in [0.05, 0.1) is 0 Å². The van der Waals surface area contributed by atoms with Crippen molar-refractivity contribution in [2.45, 2.75) is 52.6 Å². The van der Waals surface area contributed by atoms with Crippen LogP contribution in [0.2, 0.25) is 0 Å². The normalized spacial score (nSPS) is 12.8. The molecule has 5 heterocycles. The Balaban J connectivity index is 1.64. The molecule has 4 aromatic carbocycles. The maximum absolute atomic E-state index is 5.51. The average molecular weight is 655 g/mol. The lowest BCUT2D eigenvalue weighted by Crippen LogP contribution is -2.30. The van der Waals surface area contributed by atoms with Gasteiger partial charge in [0.2, 0.25) is 22.6 Å². The van der Waals surface area contributed by atoms with Crippen LogP contribution in [0.25, 0.3) is 89.7 Å². The molecule has 0 radical (unpaired) electrons. The van der Waals surface area contributed by atoms with Gasteiger partial charge in [0, 0.05) is 32.6 Å². The highest BCUT2D eigenvalue weighted by Gasteiger charge is 2.30. The van der Waals surface area contributed by atoms with Gasteiger partial charge >= 0.3 is 0 Å². The molecule has 50 heavy (non-hydrogen) atoms. The summed E-state index contributed by atoms with van der Waals surface area (Å²) < 4.78 is 8.25. The summed E-state index contributed by atoms with van der Waals surface area (Å²) in [5, 5.41) is 4.01. The van der Waals surface area contributed by atoms with Gasteiger partial charge in [-0.1, -0.05) is 86.9 Å². The number of nitrogens with zero attached hydrogens (tertiary/aromatic N) is 8. The molecule has 0 spiro atoms. The van der Waals surface area contributed by atoms with Crippen LogP contribution in [-0.4, -0.2) is 29.1 Å². The van der Waals surface area contributed by atoms with Crippen LogP contribution in [0.4, 0.5) is 0 Å². The van der Waals surface area contributed by atoms with Crippen LogP contribution >= 0.6 is 0 Å². The molecule has 9 rings (SSSR count). The molecule has 8 heteroatoms. The van der Waals surface area contributed by atoms with Gasteiger partial charge in [-0.15, -0.1) is 19.9 Å². The predicted molar refractivity (Wildman–Crippen MR) is 200 cm³/mol. The zero-order valence-corrected chi connectivity index (χ0v) is 29.2. The maximum Gasteiger partial charge on any atom is 0.206 e. The molecule has 0 aliphatic carbocycles. The Bertz CT molecular complexity index is 2400. The Morgan fingerprint density at radius 1 is 0.400 bits per heavy atom. The minimum absolute atomic E-state index is 0.384. The molecule has 246 valence electrons. The molecule has 0 amide bonds. The Morgan fingerprint density at radius 2 is 0.620 bits per heavy atom. The predicted octanol–water partition coefficient (Wildman–Crippen LogP) is 8.39. The van der Waals surface area contributed by atoms with Gasteiger partial charge in [-0.2, -0.15) is 0 Å². The molecule has 2 aliphatic heterocycles. The van der Waals surface area contributed by atoms with Crippen molar-refractivity contribution in [3.8, 4) is 45.6 Å². The third-order valence-electron chi connectivity index (χ3n) is 9.69. The maximum atomic E-state index is 5.51. The lowest BCUT2D eigenvalue weighted by molar-refractivity contribution is -0.590. The van der Waals surface area contributed by atoms with E-state index in [-0.39, 0.29) is 11.1 Å². The fourth-order valence-electron chi connectivity index (χ4n) is 7.55. The molecule has 0 saturated carbocycles. The highest BCUT2D eigenvalue weighted by Crippen LogP contribution is 2.39. The second-order valence-corrected chi connectivity index (χ2v) is 15.1. The molecular formula is C42H38N8. The zero-order valence-electron chi connectivity index (χ0n) is 29.2. The van der Waals surface area contributed by atoms with E-state index >= 15 is 0 Å². The Kier molecular flexibility index (Phi) is 6.16. The second kappa shape index (κ2) is 10.2. The quantitative estimate of drug-likeness (QED) is 0.122. The second-order valence-electron chi connectivity index (χ2n) is 15.1. The number of hydrogen-bond donors (Lipinski definition) is 0. The number of hydrogen-bond acceptors (Lipinski definition) is 4. The summed E-state index contributed by atoms with van der Waals surface area (Å²) in [4.78, 5) is 22.0. The first-order valence-electron chi connectivity index (χ1n) is 17.0. The van der Waals surface area contributed by atoms with E-state index in [9.17, 15) is 0 Å². The van der Waals surface area contributed by atoms with Crippen LogP contribution < -0.4 is 9.13 Å². The van der Waals surface area contributed by atoms with Gasteiger partial charge in [0.15, 0.2) is 23.3 Å². The molecule has 7 aromatic rings. The van der Waals surface area contributed by atoms with Crippen LogP contribution in [0.5, 0.6) is 0 Å². The molecular weight excluding hydrogens is 617 g/mol. The SMILES string of the molecule is [CH2-][n+]1c2nc3c4ccccc4c(nc4[n+]([CH2-])c(nc5c6ccccc6c(nc1-c1ccccc1-2)n5C(C)(C)C)-c1ccccc1-4)n3C(C)(C)C. The fourth-order valence-corrected chi connectivity index (χ4v) is 7.55. The van der Waals surface area contributed by atoms with Gasteiger partial charge < -0.3 is 9.13 Å². The summed E-state index contributed by atoms with van der Waals surface area (Å²) >= 11 is 0. The largest absolute Gasteiger partial charge is 0.366 e. The summed E-state index contributed by atoms with van der Waals surface area (Å²) in [7, 11) is 9.17. The molecule has 3 aromatic heterocycles. The third kappa shape index (κ3) is 4.17. The van der Waals surface area contributed by atoms with E-state index in [0.717, 1.165) is 89.7 Å². The highest BCUT2D eigenvalue weighted by molar-refractivity contribution is 6.07. The van der Waals surface area contributed by atoms with E-state index < -0.39 is 0 Å². The topological polar surface area (TPSA) is 69.2 Å². The molecule has 8 nitrogen and oxygen atoms in total. The van der Waals surface area contributed by atoms with Gasteiger partial charge in [-0.25, -0.2) is 0 Å². The van der Waals surface area contributed by atoms with Crippen LogP contribution in [0.3, 0.4) is 0 Å². The monoisotopic (exact) mass is 654 g/mol. The van der Waals surface area contributed by atoms with Crippen LogP contribution in [-0.2, 0) is 11.1 Å². The average Bonchev–Trinajstić information content (AvgIpc) is 3.75. The molecule has 0 unspecified atom stereocenters. The smallest absolute Gasteiger partial charge is 0.206 e. The van der Waals surface area contributed by atoms with Crippen molar-refractivity contribution >= 4 is 44.1 Å². The van der Waals surface area contributed by atoms with Crippen molar-refractivity contribution in [2.75, 3.05) is 0 Å². The van der Waals surface area contributed by atoms with E-state index in [1.165, 1.54) is 0 Å². The molecule has 0 atom stereocenters. The first-order valence-corrected chi connectivity index (χ1v) is 17.0. The van der Waals surface area contributed by atoms with Crippen molar-refractivity contribution in [3.63, 3.8) is 0 Å². The van der Waals surface area contributed by atoms with E-state index in [0.29, 0.717) is 0 Å². The van der Waals surface area contributed by atoms with E-state index in [2.05, 4.69) is 138 Å². The lowest BCUT2D eigenvalue weighted by Gasteiger charge is -2.21. The van der Waals surface area contributed by atoms with Crippen LogP contribution in [0, 0.1) is 14.1 Å². The van der Waals surface area contributed by atoms with Crippen molar-refractivity contribution < 1.29 is 9.13 Å². The van der Waals surface area contributed by atoms with Crippen LogP contribution in [0.1, 0.15) is 41.5 Å². The molecule has 8 bridgehead atoms. The fraction of sp³-hybridized carbons (Fsp3) is 0.190. The number of rotatable bonds is 0. The van der Waals surface area contributed by atoms with Gasteiger partial charge in [-0.05, 0) is 88.1 Å².